The van der Waals surface area contributed by atoms with Gasteiger partial charge in [0.25, 0.3) is 6.43 Å². The topological polar surface area (TPSA) is 12.0 Å². The number of hydrogen-bond donors (Lipinski definition) is 1. The molecule has 0 aromatic heterocycles. The number of halogens is 2. The van der Waals surface area contributed by atoms with E-state index >= 15 is 0 Å². The lowest BCUT2D eigenvalue weighted by Gasteiger charge is -2.24. The zero-order valence-electron chi connectivity index (χ0n) is 10.1. The summed E-state index contributed by atoms with van der Waals surface area (Å²) in [6.07, 6.45) is -1.39. The average molecular weight is 227 g/mol. The highest BCUT2D eigenvalue weighted by Gasteiger charge is 2.14. The Kier molecular flexibility index (Phi) is 4.42. The minimum absolute atomic E-state index is 0.0425. The van der Waals surface area contributed by atoms with Crippen LogP contribution < -0.4 is 5.32 Å². The molecule has 16 heavy (non-hydrogen) atoms. The van der Waals surface area contributed by atoms with Gasteiger partial charge in [0.1, 0.15) is 0 Å². The molecule has 3 heteroatoms. The quantitative estimate of drug-likeness (QED) is 0.804. The van der Waals surface area contributed by atoms with Crippen LogP contribution in [0.2, 0.25) is 0 Å². The normalized spacial score (nSPS) is 12.1. The van der Waals surface area contributed by atoms with Crippen LogP contribution in [0.5, 0.6) is 0 Å². The first-order valence-electron chi connectivity index (χ1n) is 5.56. The number of rotatable bonds is 5. The molecule has 0 saturated carbocycles. The lowest BCUT2D eigenvalue weighted by atomic mass is 10.0. The number of nitrogens with one attached hydrogen (secondary N) is 1. The summed E-state index contributed by atoms with van der Waals surface area (Å²) >= 11 is 0. The summed E-state index contributed by atoms with van der Waals surface area (Å²) in [7, 11) is 0. The summed E-state index contributed by atoms with van der Waals surface area (Å²) in [6, 6.07) is 6.56. The summed E-state index contributed by atoms with van der Waals surface area (Å²) in [6.45, 7) is 6.93. The van der Waals surface area contributed by atoms with E-state index in [2.05, 4.69) is 26.1 Å². The van der Waals surface area contributed by atoms with E-state index in [4.69, 9.17) is 0 Å². The fraction of sp³-hybridized carbons (Fsp3) is 0.538. The SMILES string of the molecule is CCC(C)(C)NCc1cccc(C(F)F)c1. The van der Waals surface area contributed by atoms with Gasteiger partial charge in [0, 0.05) is 17.6 Å². The summed E-state index contributed by atoms with van der Waals surface area (Å²) in [5.41, 5.74) is 1.04. The van der Waals surface area contributed by atoms with Gasteiger partial charge < -0.3 is 5.32 Å². The molecule has 0 aliphatic carbocycles. The Morgan fingerprint density at radius 2 is 2.00 bits per heavy atom. The van der Waals surface area contributed by atoms with E-state index < -0.39 is 6.43 Å². The molecule has 0 radical (unpaired) electrons. The molecular weight excluding hydrogens is 208 g/mol. The van der Waals surface area contributed by atoms with Crippen LogP contribution in [0.3, 0.4) is 0 Å². The zero-order chi connectivity index (χ0) is 12.2. The molecule has 0 spiro atoms. The van der Waals surface area contributed by atoms with Crippen molar-refractivity contribution < 1.29 is 8.78 Å². The molecule has 0 fully saturated rings. The maximum Gasteiger partial charge on any atom is 0.263 e. The number of alkyl halides is 2. The molecule has 0 bridgehead atoms. The molecule has 1 aromatic carbocycles. The Bertz CT molecular complexity index is 334. The van der Waals surface area contributed by atoms with E-state index in [0.29, 0.717) is 6.54 Å². The van der Waals surface area contributed by atoms with Gasteiger partial charge in [-0.15, -0.1) is 0 Å². The van der Waals surface area contributed by atoms with Crippen molar-refractivity contribution in [1.82, 2.24) is 5.32 Å². The van der Waals surface area contributed by atoms with Gasteiger partial charge in [-0.25, -0.2) is 8.78 Å². The molecule has 0 saturated heterocycles. The van der Waals surface area contributed by atoms with Crippen LogP contribution in [-0.2, 0) is 6.54 Å². The van der Waals surface area contributed by atoms with Crippen molar-refractivity contribution in [2.75, 3.05) is 0 Å². The highest BCUT2D eigenvalue weighted by molar-refractivity contribution is 5.24. The molecule has 1 N–H and O–H groups in total. The second kappa shape index (κ2) is 5.39. The van der Waals surface area contributed by atoms with Gasteiger partial charge in [0.05, 0.1) is 0 Å². The lowest BCUT2D eigenvalue weighted by Crippen LogP contribution is -2.37. The summed E-state index contributed by atoms with van der Waals surface area (Å²) in [5, 5.41) is 3.35. The molecule has 0 unspecified atom stereocenters. The minimum Gasteiger partial charge on any atom is -0.308 e. The van der Waals surface area contributed by atoms with Crippen LogP contribution in [-0.4, -0.2) is 5.54 Å². The predicted molar refractivity (Wildman–Crippen MR) is 62.6 cm³/mol. The van der Waals surface area contributed by atoms with Crippen LogP contribution in [0, 0.1) is 0 Å². The largest absolute Gasteiger partial charge is 0.308 e. The Morgan fingerprint density at radius 1 is 1.31 bits per heavy atom. The first-order chi connectivity index (χ1) is 7.44. The highest BCUT2D eigenvalue weighted by atomic mass is 19.3. The van der Waals surface area contributed by atoms with Crippen molar-refractivity contribution in [2.45, 2.75) is 45.7 Å². The van der Waals surface area contributed by atoms with Crippen molar-refractivity contribution in [2.24, 2.45) is 0 Å². The Labute approximate surface area is 95.9 Å². The summed E-state index contributed by atoms with van der Waals surface area (Å²) < 4.78 is 24.9. The van der Waals surface area contributed by atoms with Gasteiger partial charge in [-0.05, 0) is 31.9 Å². The molecule has 90 valence electrons. The van der Waals surface area contributed by atoms with E-state index in [9.17, 15) is 8.78 Å². The maximum atomic E-state index is 12.5. The first kappa shape index (κ1) is 13.1. The summed E-state index contributed by atoms with van der Waals surface area (Å²) in [4.78, 5) is 0. The number of benzene rings is 1. The standard InChI is InChI=1S/C13H19F2N/c1-4-13(2,3)16-9-10-6-5-7-11(8-10)12(14)15/h5-8,12,16H,4,9H2,1-3H3. The summed E-state index contributed by atoms with van der Waals surface area (Å²) in [5.74, 6) is 0. The van der Waals surface area contributed by atoms with Crippen LogP contribution in [0.25, 0.3) is 0 Å². The van der Waals surface area contributed by atoms with Crippen molar-refractivity contribution in [3.63, 3.8) is 0 Å². The van der Waals surface area contributed by atoms with E-state index in [1.165, 1.54) is 6.07 Å². The first-order valence-corrected chi connectivity index (χ1v) is 5.56. The van der Waals surface area contributed by atoms with E-state index in [1.54, 1.807) is 12.1 Å². The van der Waals surface area contributed by atoms with Gasteiger partial charge in [-0.3, -0.25) is 0 Å². The van der Waals surface area contributed by atoms with Crippen LogP contribution in [0.15, 0.2) is 24.3 Å². The molecule has 0 amide bonds. The van der Waals surface area contributed by atoms with Crippen LogP contribution in [0.1, 0.15) is 44.7 Å². The fourth-order valence-corrected chi connectivity index (χ4v) is 1.31. The molecule has 0 heterocycles. The molecule has 0 aliphatic rings. The Balaban J connectivity index is 2.64. The van der Waals surface area contributed by atoms with Gasteiger partial charge in [-0.1, -0.05) is 25.1 Å². The smallest absolute Gasteiger partial charge is 0.263 e. The van der Waals surface area contributed by atoms with Crippen molar-refractivity contribution in [3.05, 3.63) is 35.4 Å². The van der Waals surface area contributed by atoms with E-state index in [1.807, 2.05) is 6.07 Å². The van der Waals surface area contributed by atoms with Gasteiger partial charge in [0.15, 0.2) is 0 Å². The second-order valence-electron chi connectivity index (χ2n) is 4.64. The fourth-order valence-electron chi connectivity index (χ4n) is 1.31. The third kappa shape index (κ3) is 3.89. The molecule has 0 aliphatic heterocycles. The van der Waals surface area contributed by atoms with Crippen LogP contribution in [0.4, 0.5) is 8.78 Å². The Hall–Kier alpha value is -0.960. The zero-order valence-corrected chi connectivity index (χ0v) is 10.1. The van der Waals surface area contributed by atoms with Gasteiger partial charge in [-0.2, -0.15) is 0 Å². The van der Waals surface area contributed by atoms with Crippen molar-refractivity contribution in [1.29, 1.82) is 0 Å². The lowest BCUT2D eigenvalue weighted by molar-refractivity contribution is 0.151. The minimum atomic E-state index is -2.39. The predicted octanol–water partition coefficient (Wildman–Crippen LogP) is 3.90. The Morgan fingerprint density at radius 3 is 2.56 bits per heavy atom. The molecule has 1 nitrogen and oxygen atoms in total. The molecular formula is C13H19F2N. The maximum absolute atomic E-state index is 12.5. The van der Waals surface area contributed by atoms with E-state index in [0.717, 1.165) is 12.0 Å². The number of hydrogen-bond acceptors (Lipinski definition) is 1. The van der Waals surface area contributed by atoms with Crippen molar-refractivity contribution >= 4 is 0 Å². The molecule has 0 atom stereocenters. The second-order valence-corrected chi connectivity index (χ2v) is 4.64. The monoisotopic (exact) mass is 227 g/mol. The average Bonchev–Trinajstić information content (AvgIpc) is 2.27. The highest BCUT2D eigenvalue weighted by Crippen LogP contribution is 2.19. The van der Waals surface area contributed by atoms with Gasteiger partial charge >= 0.3 is 0 Å². The van der Waals surface area contributed by atoms with Gasteiger partial charge in [0.2, 0.25) is 0 Å². The van der Waals surface area contributed by atoms with Crippen LogP contribution >= 0.6 is 0 Å². The molecule has 1 rings (SSSR count). The third-order valence-electron chi connectivity index (χ3n) is 2.86. The van der Waals surface area contributed by atoms with E-state index in [-0.39, 0.29) is 11.1 Å². The molecule has 1 aromatic rings. The van der Waals surface area contributed by atoms with Crippen molar-refractivity contribution in [3.8, 4) is 0 Å². The third-order valence-corrected chi connectivity index (χ3v) is 2.86.